The molecular formula is C15H19N3. The number of rotatable bonds is 1. The minimum absolute atomic E-state index is 0.776. The number of nitriles is 1. The lowest BCUT2D eigenvalue weighted by molar-refractivity contribution is 0.726. The van der Waals surface area contributed by atoms with Crippen molar-refractivity contribution in [2.24, 2.45) is 0 Å². The maximum atomic E-state index is 9.33. The molecular weight excluding hydrogens is 222 g/mol. The molecule has 3 rings (SSSR count). The van der Waals surface area contributed by atoms with Crippen molar-refractivity contribution in [2.45, 2.75) is 44.9 Å². The van der Waals surface area contributed by atoms with Crippen molar-refractivity contribution in [1.82, 2.24) is 4.98 Å². The number of aryl methyl sites for hydroxylation is 2. The highest BCUT2D eigenvalue weighted by atomic mass is 15.2. The van der Waals surface area contributed by atoms with Crippen LogP contribution in [0.1, 0.15) is 48.9 Å². The van der Waals surface area contributed by atoms with E-state index in [2.05, 4.69) is 17.0 Å². The summed E-state index contributed by atoms with van der Waals surface area (Å²) in [6.45, 7) is 2.11. The van der Waals surface area contributed by atoms with Crippen molar-refractivity contribution in [3.8, 4) is 6.07 Å². The van der Waals surface area contributed by atoms with E-state index in [0.29, 0.717) is 0 Å². The Labute approximate surface area is 108 Å². The van der Waals surface area contributed by atoms with E-state index in [9.17, 15) is 5.26 Å². The summed E-state index contributed by atoms with van der Waals surface area (Å²) >= 11 is 0. The maximum absolute atomic E-state index is 9.33. The summed E-state index contributed by atoms with van der Waals surface area (Å²) in [7, 11) is 0. The van der Waals surface area contributed by atoms with Crippen molar-refractivity contribution in [2.75, 3.05) is 18.0 Å². The maximum Gasteiger partial charge on any atom is 0.146 e. The number of hydrogen-bond acceptors (Lipinski definition) is 3. The van der Waals surface area contributed by atoms with Crippen LogP contribution in [-0.4, -0.2) is 18.1 Å². The minimum atomic E-state index is 0.776. The van der Waals surface area contributed by atoms with Gasteiger partial charge in [-0.3, -0.25) is 0 Å². The summed E-state index contributed by atoms with van der Waals surface area (Å²) in [6.07, 6.45) is 8.44. The number of anilines is 1. The number of pyridine rings is 1. The lowest BCUT2D eigenvalue weighted by atomic mass is 10.1. The second-order valence-corrected chi connectivity index (χ2v) is 5.33. The Morgan fingerprint density at radius 3 is 2.56 bits per heavy atom. The second kappa shape index (κ2) is 4.97. The van der Waals surface area contributed by atoms with Crippen LogP contribution in [0.5, 0.6) is 0 Å². The molecule has 0 atom stereocenters. The number of hydrogen-bond donors (Lipinski definition) is 0. The van der Waals surface area contributed by atoms with Gasteiger partial charge < -0.3 is 4.90 Å². The number of nitrogens with zero attached hydrogens (tertiary/aromatic N) is 3. The van der Waals surface area contributed by atoms with Gasteiger partial charge in [-0.2, -0.15) is 5.26 Å². The summed E-state index contributed by atoms with van der Waals surface area (Å²) in [6, 6.07) is 4.42. The van der Waals surface area contributed by atoms with Crippen LogP contribution >= 0.6 is 0 Å². The van der Waals surface area contributed by atoms with Crippen LogP contribution in [0.15, 0.2) is 6.07 Å². The third-order valence-corrected chi connectivity index (χ3v) is 4.06. The fourth-order valence-electron chi connectivity index (χ4n) is 3.07. The molecule has 1 saturated heterocycles. The number of aromatic nitrogens is 1. The Balaban J connectivity index is 1.97. The van der Waals surface area contributed by atoms with E-state index < -0.39 is 0 Å². The van der Waals surface area contributed by atoms with Gasteiger partial charge in [0.05, 0.1) is 5.56 Å². The molecule has 3 nitrogen and oxygen atoms in total. The predicted octanol–water partition coefficient (Wildman–Crippen LogP) is 2.82. The zero-order valence-corrected chi connectivity index (χ0v) is 10.8. The van der Waals surface area contributed by atoms with Crippen LogP contribution in [0.4, 0.5) is 5.82 Å². The lowest BCUT2D eigenvalue weighted by Gasteiger charge is -2.23. The summed E-state index contributed by atoms with van der Waals surface area (Å²) in [5.41, 5.74) is 3.30. The van der Waals surface area contributed by atoms with Gasteiger partial charge in [0.1, 0.15) is 11.9 Å². The van der Waals surface area contributed by atoms with Gasteiger partial charge in [0.25, 0.3) is 0 Å². The van der Waals surface area contributed by atoms with Crippen molar-refractivity contribution in [3.05, 3.63) is 22.9 Å². The fourth-order valence-corrected chi connectivity index (χ4v) is 3.07. The highest BCUT2D eigenvalue weighted by Gasteiger charge is 2.20. The first-order chi connectivity index (χ1) is 8.88. The SMILES string of the molecule is N#Cc1cc2c(nc1N1CCCCCC1)CCC2. The Bertz CT molecular complexity index is 479. The van der Waals surface area contributed by atoms with Crippen LogP contribution in [0, 0.1) is 11.3 Å². The standard InChI is InChI=1S/C15H19N3/c16-11-13-10-12-6-5-7-14(12)17-15(13)18-8-3-1-2-4-9-18/h10H,1-9H2. The molecule has 1 fully saturated rings. The van der Waals surface area contributed by atoms with E-state index in [1.54, 1.807) is 0 Å². The smallest absolute Gasteiger partial charge is 0.146 e. The van der Waals surface area contributed by atoms with E-state index in [1.165, 1.54) is 43.4 Å². The van der Waals surface area contributed by atoms with Crippen molar-refractivity contribution < 1.29 is 0 Å². The van der Waals surface area contributed by atoms with Gasteiger partial charge in [-0.25, -0.2) is 4.98 Å². The van der Waals surface area contributed by atoms with Gasteiger partial charge >= 0.3 is 0 Å². The van der Waals surface area contributed by atoms with E-state index in [0.717, 1.165) is 37.3 Å². The van der Waals surface area contributed by atoms with Crippen LogP contribution in [0.2, 0.25) is 0 Å². The van der Waals surface area contributed by atoms with Gasteiger partial charge in [-0.05, 0) is 43.7 Å². The van der Waals surface area contributed by atoms with Crippen LogP contribution in [-0.2, 0) is 12.8 Å². The van der Waals surface area contributed by atoms with Gasteiger partial charge in [-0.1, -0.05) is 12.8 Å². The highest BCUT2D eigenvalue weighted by molar-refractivity contribution is 5.56. The van der Waals surface area contributed by atoms with Crippen molar-refractivity contribution in [1.29, 1.82) is 5.26 Å². The molecule has 18 heavy (non-hydrogen) atoms. The molecule has 0 amide bonds. The third-order valence-electron chi connectivity index (χ3n) is 4.06. The first-order valence-electron chi connectivity index (χ1n) is 7.06. The molecule has 1 aliphatic heterocycles. The van der Waals surface area contributed by atoms with Gasteiger partial charge in [0.15, 0.2) is 0 Å². The van der Waals surface area contributed by atoms with Crippen molar-refractivity contribution >= 4 is 5.82 Å². The molecule has 0 N–H and O–H groups in total. The number of fused-ring (bicyclic) bond motifs is 1. The molecule has 1 aromatic rings. The topological polar surface area (TPSA) is 39.9 Å². The zero-order valence-electron chi connectivity index (χ0n) is 10.8. The largest absolute Gasteiger partial charge is 0.356 e. The summed E-state index contributed by atoms with van der Waals surface area (Å²) in [5.74, 6) is 0.944. The summed E-state index contributed by atoms with van der Waals surface area (Å²) in [4.78, 5) is 7.12. The molecule has 0 spiro atoms. The first-order valence-corrected chi connectivity index (χ1v) is 7.06. The average Bonchev–Trinajstić information content (AvgIpc) is 2.68. The molecule has 3 heteroatoms. The fraction of sp³-hybridized carbons (Fsp3) is 0.600. The Morgan fingerprint density at radius 2 is 1.83 bits per heavy atom. The van der Waals surface area contributed by atoms with Crippen LogP contribution in [0.25, 0.3) is 0 Å². The molecule has 0 radical (unpaired) electrons. The van der Waals surface area contributed by atoms with E-state index in [1.807, 2.05) is 0 Å². The molecule has 94 valence electrons. The summed E-state index contributed by atoms with van der Waals surface area (Å²) < 4.78 is 0. The Morgan fingerprint density at radius 1 is 1.06 bits per heavy atom. The Kier molecular flexibility index (Phi) is 3.19. The van der Waals surface area contributed by atoms with Gasteiger partial charge in [0.2, 0.25) is 0 Å². The Hall–Kier alpha value is -1.56. The van der Waals surface area contributed by atoms with Crippen LogP contribution in [0.3, 0.4) is 0 Å². The first kappa shape index (κ1) is 11.5. The van der Waals surface area contributed by atoms with Crippen molar-refractivity contribution in [3.63, 3.8) is 0 Å². The molecule has 2 heterocycles. The van der Waals surface area contributed by atoms with Gasteiger partial charge in [-0.15, -0.1) is 0 Å². The monoisotopic (exact) mass is 241 g/mol. The predicted molar refractivity (Wildman–Crippen MR) is 71.7 cm³/mol. The molecule has 0 unspecified atom stereocenters. The van der Waals surface area contributed by atoms with E-state index in [-0.39, 0.29) is 0 Å². The van der Waals surface area contributed by atoms with Crippen LogP contribution < -0.4 is 4.90 Å². The molecule has 1 aliphatic carbocycles. The average molecular weight is 241 g/mol. The molecule has 0 saturated carbocycles. The second-order valence-electron chi connectivity index (χ2n) is 5.33. The highest BCUT2D eigenvalue weighted by Crippen LogP contribution is 2.28. The van der Waals surface area contributed by atoms with Gasteiger partial charge in [0, 0.05) is 18.8 Å². The molecule has 0 bridgehead atoms. The minimum Gasteiger partial charge on any atom is -0.356 e. The zero-order chi connectivity index (χ0) is 12.4. The molecule has 2 aliphatic rings. The third kappa shape index (κ3) is 2.08. The van der Waals surface area contributed by atoms with E-state index >= 15 is 0 Å². The quantitative estimate of drug-likeness (QED) is 0.759. The van der Waals surface area contributed by atoms with E-state index in [4.69, 9.17) is 4.98 Å². The normalized spacial score (nSPS) is 19.2. The molecule has 1 aromatic heterocycles. The molecule has 0 aromatic carbocycles. The lowest BCUT2D eigenvalue weighted by Crippen LogP contribution is -2.26. The summed E-state index contributed by atoms with van der Waals surface area (Å²) in [5, 5.41) is 9.33.